The molecule has 1 aliphatic rings. The lowest BCUT2D eigenvalue weighted by Gasteiger charge is -2.17. The predicted molar refractivity (Wildman–Crippen MR) is 61.8 cm³/mol. The second-order valence-electron chi connectivity index (χ2n) is 3.96. The molecule has 2 rings (SSSR count). The third kappa shape index (κ3) is 3.01. The summed E-state index contributed by atoms with van der Waals surface area (Å²) >= 11 is 1.97. The molecular weight excluding hydrogens is 226 g/mol. The minimum absolute atomic E-state index is 0.118. The maximum Gasteiger partial charge on any atom is 0.303 e. The summed E-state index contributed by atoms with van der Waals surface area (Å²) < 4.78 is 5.42. The van der Waals surface area contributed by atoms with Crippen LogP contribution in [0.2, 0.25) is 0 Å². The van der Waals surface area contributed by atoms with Crippen LogP contribution < -0.4 is 0 Å². The molecule has 88 valence electrons. The average Bonchev–Trinajstić information content (AvgIpc) is 2.76. The summed E-state index contributed by atoms with van der Waals surface area (Å²) in [5, 5.41) is 8.57. The van der Waals surface area contributed by atoms with Gasteiger partial charge in [-0.25, -0.2) is 4.98 Å². The molecule has 0 amide bonds. The van der Waals surface area contributed by atoms with E-state index in [0.29, 0.717) is 12.3 Å². The molecule has 0 atom stereocenters. The molecule has 0 spiro atoms. The smallest absolute Gasteiger partial charge is 0.303 e. The van der Waals surface area contributed by atoms with Gasteiger partial charge in [0.2, 0.25) is 0 Å². The summed E-state index contributed by atoms with van der Waals surface area (Å²) in [4.78, 5) is 14.8. The van der Waals surface area contributed by atoms with Crippen molar-refractivity contribution >= 4 is 17.7 Å². The monoisotopic (exact) mass is 241 g/mol. The van der Waals surface area contributed by atoms with Crippen LogP contribution in [-0.2, 0) is 11.2 Å². The van der Waals surface area contributed by atoms with E-state index in [1.54, 1.807) is 6.26 Å². The van der Waals surface area contributed by atoms with Gasteiger partial charge in [0.1, 0.15) is 6.26 Å². The van der Waals surface area contributed by atoms with E-state index in [0.717, 1.165) is 35.9 Å². The minimum Gasteiger partial charge on any atom is -0.481 e. The van der Waals surface area contributed by atoms with Crippen LogP contribution in [0.3, 0.4) is 0 Å². The number of carboxylic acids is 1. The van der Waals surface area contributed by atoms with Crippen molar-refractivity contribution in [3.05, 3.63) is 17.8 Å². The van der Waals surface area contributed by atoms with Gasteiger partial charge in [0.15, 0.2) is 5.89 Å². The van der Waals surface area contributed by atoms with E-state index >= 15 is 0 Å². The number of oxazole rings is 1. The molecule has 0 unspecified atom stereocenters. The van der Waals surface area contributed by atoms with Gasteiger partial charge in [0, 0.05) is 12.3 Å². The van der Waals surface area contributed by atoms with E-state index in [9.17, 15) is 4.79 Å². The van der Waals surface area contributed by atoms with Crippen LogP contribution in [-0.4, -0.2) is 27.6 Å². The van der Waals surface area contributed by atoms with Crippen LogP contribution in [0.25, 0.3) is 0 Å². The van der Waals surface area contributed by atoms with Crippen molar-refractivity contribution in [1.82, 2.24) is 4.98 Å². The van der Waals surface area contributed by atoms with Gasteiger partial charge >= 0.3 is 5.97 Å². The summed E-state index contributed by atoms with van der Waals surface area (Å²) in [6, 6.07) is 0. The third-order valence-electron chi connectivity index (χ3n) is 2.74. The van der Waals surface area contributed by atoms with E-state index in [1.165, 1.54) is 0 Å². The first-order valence-corrected chi connectivity index (χ1v) is 6.65. The van der Waals surface area contributed by atoms with Crippen molar-refractivity contribution in [3.8, 4) is 0 Å². The van der Waals surface area contributed by atoms with Crippen LogP contribution in [0.4, 0.5) is 0 Å². The number of hydrogen-bond donors (Lipinski definition) is 1. The van der Waals surface area contributed by atoms with Crippen molar-refractivity contribution in [1.29, 1.82) is 0 Å². The summed E-state index contributed by atoms with van der Waals surface area (Å²) in [5.74, 6) is 2.76. The standard InChI is InChI=1S/C11H15NO3S/c13-10(14)2-1-9-7-15-11(12-9)8-3-5-16-6-4-8/h7-8H,1-6H2,(H,13,14). The number of nitrogens with zero attached hydrogens (tertiary/aromatic N) is 1. The lowest BCUT2D eigenvalue weighted by molar-refractivity contribution is -0.136. The van der Waals surface area contributed by atoms with Crippen molar-refractivity contribution in [2.75, 3.05) is 11.5 Å². The van der Waals surface area contributed by atoms with Gasteiger partial charge in [-0.1, -0.05) is 0 Å². The Morgan fingerprint density at radius 2 is 2.31 bits per heavy atom. The highest BCUT2D eigenvalue weighted by molar-refractivity contribution is 7.99. The van der Waals surface area contributed by atoms with Crippen LogP contribution in [0, 0.1) is 0 Å². The Bertz CT molecular complexity index is 358. The number of aryl methyl sites for hydroxylation is 1. The molecular formula is C11H15NO3S. The van der Waals surface area contributed by atoms with Crippen molar-refractivity contribution in [3.63, 3.8) is 0 Å². The molecule has 1 saturated heterocycles. The molecule has 1 aliphatic heterocycles. The van der Waals surface area contributed by atoms with Crippen LogP contribution in [0.15, 0.2) is 10.7 Å². The highest BCUT2D eigenvalue weighted by atomic mass is 32.2. The Labute approximate surface area is 98.4 Å². The lowest BCUT2D eigenvalue weighted by Crippen LogP contribution is -2.08. The largest absolute Gasteiger partial charge is 0.481 e. The Morgan fingerprint density at radius 1 is 1.56 bits per heavy atom. The van der Waals surface area contributed by atoms with E-state index in [-0.39, 0.29) is 6.42 Å². The highest BCUT2D eigenvalue weighted by Gasteiger charge is 2.20. The number of aromatic nitrogens is 1. The summed E-state index contributed by atoms with van der Waals surface area (Å²) in [5.41, 5.74) is 0.760. The molecule has 4 nitrogen and oxygen atoms in total. The van der Waals surface area contributed by atoms with Crippen LogP contribution in [0.5, 0.6) is 0 Å². The SMILES string of the molecule is O=C(O)CCc1coc(C2CCSCC2)n1. The fraction of sp³-hybridized carbons (Fsp3) is 0.636. The third-order valence-corrected chi connectivity index (χ3v) is 3.78. The normalized spacial score (nSPS) is 17.5. The minimum atomic E-state index is -0.793. The fourth-order valence-electron chi connectivity index (χ4n) is 1.80. The van der Waals surface area contributed by atoms with Crippen molar-refractivity contribution in [2.24, 2.45) is 0 Å². The Kier molecular flexibility index (Phi) is 3.88. The van der Waals surface area contributed by atoms with Gasteiger partial charge < -0.3 is 9.52 Å². The molecule has 0 bridgehead atoms. The molecule has 0 aromatic carbocycles. The van der Waals surface area contributed by atoms with Gasteiger partial charge in [0.25, 0.3) is 0 Å². The molecule has 0 saturated carbocycles. The molecule has 1 aromatic heterocycles. The number of aliphatic carboxylic acids is 1. The molecule has 1 fully saturated rings. The summed E-state index contributed by atoms with van der Waals surface area (Å²) in [6.07, 6.45) is 4.40. The topological polar surface area (TPSA) is 63.3 Å². The van der Waals surface area contributed by atoms with Crippen LogP contribution in [0.1, 0.15) is 36.8 Å². The van der Waals surface area contributed by atoms with E-state index in [2.05, 4.69) is 4.98 Å². The number of carboxylic acid groups (broad SMARTS) is 1. The molecule has 16 heavy (non-hydrogen) atoms. The first-order chi connectivity index (χ1) is 7.75. The molecule has 0 radical (unpaired) electrons. The second kappa shape index (κ2) is 5.39. The zero-order chi connectivity index (χ0) is 11.4. The molecule has 0 aliphatic carbocycles. The molecule has 1 N–H and O–H groups in total. The van der Waals surface area contributed by atoms with Crippen molar-refractivity contribution < 1.29 is 14.3 Å². The first-order valence-electron chi connectivity index (χ1n) is 5.49. The second-order valence-corrected chi connectivity index (χ2v) is 5.18. The lowest BCUT2D eigenvalue weighted by atomic mass is 10.0. The zero-order valence-corrected chi connectivity index (χ0v) is 9.83. The van der Waals surface area contributed by atoms with E-state index in [4.69, 9.17) is 9.52 Å². The molecule has 2 heterocycles. The average molecular weight is 241 g/mol. The highest BCUT2D eigenvalue weighted by Crippen LogP contribution is 2.30. The van der Waals surface area contributed by atoms with Gasteiger partial charge in [-0.3, -0.25) is 4.79 Å². The quantitative estimate of drug-likeness (QED) is 0.876. The van der Waals surface area contributed by atoms with Gasteiger partial charge in [-0.15, -0.1) is 0 Å². The van der Waals surface area contributed by atoms with Crippen LogP contribution >= 0.6 is 11.8 Å². The number of hydrogen-bond acceptors (Lipinski definition) is 4. The molecule has 5 heteroatoms. The Hall–Kier alpha value is -0.970. The number of rotatable bonds is 4. The van der Waals surface area contributed by atoms with Crippen molar-refractivity contribution in [2.45, 2.75) is 31.6 Å². The Morgan fingerprint density at radius 3 is 3.00 bits per heavy atom. The van der Waals surface area contributed by atoms with Gasteiger partial charge in [0.05, 0.1) is 12.1 Å². The number of carbonyl (C=O) groups is 1. The van der Waals surface area contributed by atoms with Gasteiger partial charge in [-0.2, -0.15) is 11.8 Å². The first kappa shape index (κ1) is 11.5. The zero-order valence-electron chi connectivity index (χ0n) is 9.02. The van der Waals surface area contributed by atoms with Gasteiger partial charge in [-0.05, 0) is 24.3 Å². The Balaban J connectivity index is 1.93. The molecule has 1 aromatic rings. The summed E-state index contributed by atoms with van der Waals surface area (Å²) in [7, 11) is 0. The number of thioether (sulfide) groups is 1. The fourth-order valence-corrected chi connectivity index (χ4v) is 2.91. The van der Waals surface area contributed by atoms with E-state index in [1.807, 2.05) is 11.8 Å². The predicted octanol–water partition coefficient (Wildman–Crippen LogP) is 2.30. The maximum atomic E-state index is 10.4. The maximum absolute atomic E-state index is 10.4. The van der Waals surface area contributed by atoms with E-state index < -0.39 is 5.97 Å². The summed E-state index contributed by atoms with van der Waals surface area (Å²) in [6.45, 7) is 0.